The third-order valence-corrected chi connectivity index (χ3v) is 6.83. The summed E-state index contributed by atoms with van der Waals surface area (Å²) in [4.78, 5) is 25.5. The second-order valence-corrected chi connectivity index (χ2v) is 9.97. The van der Waals surface area contributed by atoms with Crippen LogP contribution in [-0.4, -0.2) is 32.5 Å². The topological polar surface area (TPSA) is 104 Å². The zero-order valence-electron chi connectivity index (χ0n) is 18.4. The van der Waals surface area contributed by atoms with Crippen LogP contribution in [0.4, 0.5) is 11.4 Å². The van der Waals surface area contributed by atoms with Crippen LogP contribution >= 0.6 is 11.8 Å². The van der Waals surface area contributed by atoms with Crippen LogP contribution in [0.3, 0.4) is 0 Å². The summed E-state index contributed by atoms with van der Waals surface area (Å²) in [6.45, 7) is 7.35. The summed E-state index contributed by atoms with van der Waals surface area (Å²) in [6.07, 6.45) is 2.60. The standard InChI is InChI=1S/C22H29N3O4S2/c1-6-15(4)23-22(27)17-9-7-8-10-18(17)25-31(28,29)16-11-12-20(30-5)19(13-16)24-21(26)14(2)3/h7-15,25H,6H2,1-5H3,(H,23,27)(H,24,26). The molecule has 3 N–H and O–H groups in total. The molecular weight excluding hydrogens is 434 g/mol. The minimum atomic E-state index is -4.00. The van der Waals surface area contributed by atoms with Gasteiger partial charge >= 0.3 is 0 Å². The zero-order valence-corrected chi connectivity index (χ0v) is 20.0. The Balaban J connectivity index is 2.37. The molecule has 0 aromatic heterocycles. The average Bonchev–Trinajstić information content (AvgIpc) is 2.73. The lowest BCUT2D eigenvalue weighted by atomic mass is 10.1. The number of carbonyl (C=O) groups excluding carboxylic acids is 2. The van der Waals surface area contributed by atoms with Gasteiger partial charge in [-0.1, -0.05) is 32.9 Å². The number of carbonyl (C=O) groups is 2. The molecule has 0 aliphatic carbocycles. The molecule has 0 radical (unpaired) electrons. The first-order valence-electron chi connectivity index (χ1n) is 10.0. The van der Waals surface area contributed by atoms with Crippen molar-refractivity contribution in [2.45, 2.75) is 49.9 Å². The molecule has 0 saturated heterocycles. The van der Waals surface area contributed by atoms with Gasteiger partial charge in [-0.15, -0.1) is 11.8 Å². The van der Waals surface area contributed by atoms with Gasteiger partial charge in [-0.3, -0.25) is 14.3 Å². The van der Waals surface area contributed by atoms with Crippen LogP contribution in [0.25, 0.3) is 0 Å². The molecule has 1 atom stereocenters. The minimum Gasteiger partial charge on any atom is -0.350 e. The number of rotatable bonds is 9. The van der Waals surface area contributed by atoms with E-state index in [0.29, 0.717) is 5.69 Å². The fourth-order valence-corrected chi connectivity index (χ4v) is 4.25. The Morgan fingerprint density at radius 3 is 2.32 bits per heavy atom. The van der Waals surface area contributed by atoms with E-state index in [-0.39, 0.29) is 39.9 Å². The lowest BCUT2D eigenvalue weighted by Gasteiger charge is -2.16. The number of hydrogen-bond acceptors (Lipinski definition) is 5. The molecule has 31 heavy (non-hydrogen) atoms. The second-order valence-electron chi connectivity index (χ2n) is 7.44. The van der Waals surface area contributed by atoms with E-state index in [1.165, 1.54) is 23.9 Å². The quantitative estimate of drug-likeness (QED) is 0.480. The fraction of sp³-hybridized carbons (Fsp3) is 0.364. The number of thioether (sulfide) groups is 1. The van der Waals surface area contributed by atoms with Crippen molar-refractivity contribution in [2.24, 2.45) is 5.92 Å². The summed E-state index contributed by atoms with van der Waals surface area (Å²) >= 11 is 1.40. The van der Waals surface area contributed by atoms with Gasteiger partial charge < -0.3 is 10.6 Å². The highest BCUT2D eigenvalue weighted by atomic mass is 32.2. The minimum absolute atomic E-state index is 0.0125. The van der Waals surface area contributed by atoms with E-state index in [9.17, 15) is 18.0 Å². The molecule has 0 fully saturated rings. The van der Waals surface area contributed by atoms with Gasteiger partial charge in [0.25, 0.3) is 15.9 Å². The number of hydrogen-bond donors (Lipinski definition) is 3. The van der Waals surface area contributed by atoms with E-state index in [2.05, 4.69) is 15.4 Å². The van der Waals surface area contributed by atoms with E-state index < -0.39 is 10.0 Å². The van der Waals surface area contributed by atoms with Crippen molar-refractivity contribution in [3.8, 4) is 0 Å². The zero-order chi connectivity index (χ0) is 23.2. The number of nitrogens with one attached hydrogen (secondary N) is 3. The summed E-state index contributed by atoms with van der Waals surface area (Å²) in [6, 6.07) is 11.0. The molecular formula is C22H29N3O4S2. The van der Waals surface area contributed by atoms with Gasteiger partial charge in [-0.05, 0) is 49.9 Å². The van der Waals surface area contributed by atoms with E-state index in [1.54, 1.807) is 44.2 Å². The van der Waals surface area contributed by atoms with Crippen LogP contribution in [0.5, 0.6) is 0 Å². The number of anilines is 2. The van der Waals surface area contributed by atoms with E-state index >= 15 is 0 Å². The third kappa shape index (κ3) is 6.48. The summed E-state index contributed by atoms with van der Waals surface area (Å²) in [5.74, 6) is -0.802. The second kappa shape index (κ2) is 10.7. The number of benzene rings is 2. The van der Waals surface area contributed by atoms with Crippen molar-refractivity contribution in [3.63, 3.8) is 0 Å². The van der Waals surface area contributed by atoms with E-state index in [1.807, 2.05) is 20.1 Å². The van der Waals surface area contributed by atoms with Crippen molar-refractivity contribution in [2.75, 3.05) is 16.3 Å². The Bertz CT molecular complexity index is 1050. The van der Waals surface area contributed by atoms with Crippen molar-refractivity contribution in [1.29, 1.82) is 0 Å². The van der Waals surface area contributed by atoms with Gasteiger partial charge in [0.2, 0.25) is 5.91 Å². The Morgan fingerprint density at radius 2 is 1.71 bits per heavy atom. The van der Waals surface area contributed by atoms with Gasteiger partial charge in [0.15, 0.2) is 0 Å². The van der Waals surface area contributed by atoms with Crippen LogP contribution in [0.2, 0.25) is 0 Å². The monoisotopic (exact) mass is 463 g/mol. The lowest BCUT2D eigenvalue weighted by molar-refractivity contribution is -0.118. The average molecular weight is 464 g/mol. The smallest absolute Gasteiger partial charge is 0.261 e. The molecule has 1 unspecified atom stereocenters. The summed E-state index contributed by atoms with van der Waals surface area (Å²) < 4.78 is 28.6. The summed E-state index contributed by atoms with van der Waals surface area (Å²) in [7, 11) is -4.00. The van der Waals surface area contributed by atoms with Gasteiger partial charge in [-0.2, -0.15) is 0 Å². The van der Waals surface area contributed by atoms with Crippen LogP contribution in [0.1, 0.15) is 44.5 Å². The number of para-hydroxylation sites is 1. The Morgan fingerprint density at radius 1 is 1.03 bits per heavy atom. The largest absolute Gasteiger partial charge is 0.350 e. The number of amides is 2. The van der Waals surface area contributed by atoms with Crippen molar-refractivity contribution in [3.05, 3.63) is 48.0 Å². The molecule has 0 aliphatic heterocycles. The molecule has 0 heterocycles. The van der Waals surface area contributed by atoms with Crippen LogP contribution < -0.4 is 15.4 Å². The predicted octanol–water partition coefficient (Wildman–Crippen LogP) is 4.33. The Hall–Kier alpha value is -2.52. The maximum absolute atomic E-state index is 13.1. The van der Waals surface area contributed by atoms with Gasteiger partial charge in [0.05, 0.1) is 21.8 Å². The molecule has 2 aromatic carbocycles. The van der Waals surface area contributed by atoms with Crippen LogP contribution in [0, 0.1) is 5.92 Å². The molecule has 0 saturated carbocycles. The lowest BCUT2D eigenvalue weighted by Crippen LogP contribution is -2.32. The normalized spacial score (nSPS) is 12.3. The van der Waals surface area contributed by atoms with Crippen molar-refractivity contribution < 1.29 is 18.0 Å². The van der Waals surface area contributed by atoms with Gasteiger partial charge in [-0.25, -0.2) is 8.42 Å². The van der Waals surface area contributed by atoms with E-state index in [4.69, 9.17) is 0 Å². The molecule has 0 bridgehead atoms. The summed E-state index contributed by atoms with van der Waals surface area (Å²) in [5.41, 5.74) is 0.849. The molecule has 0 aliphatic rings. The fourth-order valence-electron chi connectivity index (χ4n) is 2.61. The Kier molecular flexibility index (Phi) is 8.52. The van der Waals surface area contributed by atoms with Crippen molar-refractivity contribution >= 4 is 45.0 Å². The molecule has 168 valence electrons. The molecule has 2 aromatic rings. The molecule has 2 rings (SSSR count). The highest BCUT2D eigenvalue weighted by molar-refractivity contribution is 7.98. The molecule has 9 heteroatoms. The summed E-state index contributed by atoms with van der Waals surface area (Å²) in [5, 5.41) is 5.62. The van der Waals surface area contributed by atoms with E-state index in [0.717, 1.165) is 11.3 Å². The highest BCUT2D eigenvalue weighted by Crippen LogP contribution is 2.30. The van der Waals surface area contributed by atoms with Crippen LogP contribution in [-0.2, 0) is 14.8 Å². The predicted molar refractivity (Wildman–Crippen MR) is 126 cm³/mol. The molecule has 0 spiro atoms. The molecule has 7 nitrogen and oxygen atoms in total. The first-order chi connectivity index (χ1) is 14.6. The van der Waals surface area contributed by atoms with Crippen LogP contribution in [0.15, 0.2) is 52.3 Å². The number of sulfonamides is 1. The van der Waals surface area contributed by atoms with Gasteiger partial charge in [0, 0.05) is 16.9 Å². The molecule has 2 amide bonds. The first kappa shape index (κ1) is 24.7. The first-order valence-corrected chi connectivity index (χ1v) is 12.7. The van der Waals surface area contributed by atoms with Crippen molar-refractivity contribution in [1.82, 2.24) is 5.32 Å². The van der Waals surface area contributed by atoms with Gasteiger partial charge in [0.1, 0.15) is 0 Å². The third-order valence-electron chi connectivity index (χ3n) is 4.67. The Labute approximate surface area is 188 Å². The highest BCUT2D eigenvalue weighted by Gasteiger charge is 2.21. The maximum Gasteiger partial charge on any atom is 0.261 e. The SMILES string of the molecule is CCC(C)NC(=O)c1ccccc1NS(=O)(=O)c1ccc(SC)c(NC(=O)C(C)C)c1. The maximum atomic E-state index is 13.1.